The van der Waals surface area contributed by atoms with Gasteiger partial charge < -0.3 is 15.0 Å². The van der Waals surface area contributed by atoms with Crippen molar-refractivity contribution in [2.75, 3.05) is 13.1 Å². The number of aliphatic hydroxyl groups is 1. The van der Waals surface area contributed by atoms with E-state index in [0.717, 1.165) is 28.3 Å². The number of H-pyrrole nitrogens is 1. The van der Waals surface area contributed by atoms with Gasteiger partial charge in [-0.3, -0.25) is 9.78 Å². The highest BCUT2D eigenvalue weighted by Crippen LogP contribution is 2.31. The minimum atomic E-state index is -0.315. The lowest BCUT2D eigenvalue weighted by molar-refractivity contribution is 0.0546. The third-order valence-electron chi connectivity index (χ3n) is 5.64. The van der Waals surface area contributed by atoms with Gasteiger partial charge in [-0.2, -0.15) is 0 Å². The van der Waals surface area contributed by atoms with E-state index in [9.17, 15) is 9.90 Å². The van der Waals surface area contributed by atoms with Gasteiger partial charge in [0, 0.05) is 47.1 Å². The van der Waals surface area contributed by atoms with Gasteiger partial charge in [0.25, 0.3) is 5.91 Å². The second kappa shape index (κ2) is 8.44. The van der Waals surface area contributed by atoms with Crippen molar-refractivity contribution in [3.8, 4) is 22.6 Å². The quantitative estimate of drug-likeness (QED) is 0.621. The maximum absolute atomic E-state index is 12.8. The van der Waals surface area contributed by atoms with Crippen LogP contribution in [0.1, 0.15) is 49.7 Å². The number of benzene rings is 1. The SMILES string of the molecule is CC(C)(C)c1cc(-c2ncc(-c3ccc(C(=O)N4CCC(O)CC4)cc3Cl)[nH]2)ccn1. The van der Waals surface area contributed by atoms with E-state index in [2.05, 4.69) is 35.7 Å². The minimum absolute atomic E-state index is 0.0520. The van der Waals surface area contributed by atoms with E-state index in [4.69, 9.17) is 11.6 Å². The summed E-state index contributed by atoms with van der Waals surface area (Å²) in [5.41, 5.74) is 4.03. The molecule has 1 aliphatic heterocycles. The highest BCUT2D eigenvalue weighted by molar-refractivity contribution is 6.33. The van der Waals surface area contributed by atoms with Gasteiger partial charge >= 0.3 is 0 Å². The van der Waals surface area contributed by atoms with Crippen LogP contribution < -0.4 is 0 Å². The number of nitrogens with zero attached hydrogens (tertiary/aromatic N) is 3. The Morgan fingerprint density at radius 1 is 1.16 bits per heavy atom. The predicted octanol–water partition coefficient (Wildman–Crippen LogP) is 4.69. The van der Waals surface area contributed by atoms with E-state index in [1.54, 1.807) is 29.4 Å². The number of amides is 1. The van der Waals surface area contributed by atoms with Gasteiger partial charge in [0.15, 0.2) is 0 Å². The summed E-state index contributed by atoms with van der Waals surface area (Å²) in [5.74, 6) is 0.683. The summed E-state index contributed by atoms with van der Waals surface area (Å²) in [6.07, 6.45) is 4.46. The van der Waals surface area contributed by atoms with Crippen molar-refractivity contribution in [2.24, 2.45) is 0 Å². The number of carbonyl (C=O) groups is 1. The fourth-order valence-electron chi connectivity index (χ4n) is 3.71. The van der Waals surface area contributed by atoms with Crippen molar-refractivity contribution in [1.29, 1.82) is 0 Å². The largest absolute Gasteiger partial charge is 0.393 e. The van der Waals surface area contributed by atoms with E-state index in [1.165, 1.54) is 0 Å². The lowest BCUT2D eigenvalue weighted by atomic mass is 9.91. The van der Waals surface area contributed by atoms with E-state index >= 15 is 0 Å². The number of likely N-dealkylation sites (tertiary alicyclic amines) is 1. The molecule has 0 unspecified atom stereocenters. The van der Waals surface area contributed by atoms with Crippen LogP contribution in [0.15, 0.2) is 42.7 Å². The smallest absolute Gasteiger partial charge is 0.253 e. The van der Waals surface area contributed by atoms with Gasteiger partial charge in [0.1, 0.15) is 5.82 Å². The van der Waals surface area contributed by atoms with E-state index in [1.807, 2.05) is 18.2 Å². The van der Waals surface area contributed by atoms with Crippen molar-refractivity contribution in [1.82, 2.24) is 19.9 Å². The summed E-state index contributed by atoms with van der Waals surface area (Å²) in [6, 6.07) is 9.31. The lowest BCUT2D eigenvalue weighted by Crippen LogP contribution is -2.40. The first kappa shape index (κ1) is 21.5. The second-order valence-electron chi connectivity index (χ2n) is 9.04. The first-order valence-corrected chi connectivity index (χ1v) is 10.9. The molecule has 1 aromatic carbocycles. The van der Waals surface area contributed by atoms with Crippen LogP contribution in [0.25, 0.3) is 22.6 Å². The molecule has 0 atom stereocenters. The van der Waals surface area contributed by atoms with Gasteiger partial charge in [-0.05, 0) is 37.1 Å². The van der Waals surface area contributed by atoms with Crippen molar-refractivity contribution in [2.45, 2.75) is 45.1 Å². The molecule has 2 aromatic heterocycles. The molecule has 31 heavy (non-hydrogen) atoms. The Morgan fingerprint density at radius 2 is 1.90 bits per heavy atom. The Labute approximate surface area is 187 Å². The van der Waals surface area contributed by atoms with Gasteiger partial charge in [0.05, 0.1) is 23.0 Å². The molecule has 0 bridgehead atoms. The predicted molar refractivity (Wildman–Crippen MR) is 122 cm³/mol. The zero-order valence-electron chi connectivity index (χ0n) is 18.0. The molecule has 1 amide bonds. The molecular weight excluding hydrogens is 412 g/mol. The number of imidazole rings is 1. The molecule has 3 heterocycles. The van der Waals surface area contributed by atoms with Crippen LogP contribution in [0.4, 0.5) is 0 Å². The van der Waals surface area contributed by atoms with Crippen LogP contribution in [-0.4, -0.2) is 50.1 Å². The zero-order valence-corrected chi connectivity index (χ0v) is 18.8. The number of halogens is 1. The Balaban J connectivity index is 1.56. The second-order valence-corrected chi connectivity index (χ2v) is 9.45. The number of aromatic nitrogens is 3. The number of carbonyl (C=O) groups excluding carboxylic acids is 1. The summed E-state index contributed by atoms with van der Waals surface area (Å²) < 4.78 is 0. The van der Waals surface area contributed by atoms with Gasteiger partial charge in [-0.15, -0.1) is 0 Å². The van der Waals surface area contributed by atoms with Crippen molar-refractivity contribution >= 4 is 17.5 Å². The first-order chi connectivity index (χ1) is 14.7. The van der Waals surface area contributed by atoms with Crippen molar-refractivity contribution < 1.29 is 9.90 Å². The molecule has 7 heteroatoms. The summed E-state index contributed by atoms with van der Waals surface area (Å²) in [4.78, 5) is 26.9. The number of hydrogen-bond acceptors (Lipinski definition) is 4. The number of nitrogens with one attached hydrogen (secondary N) is 1. The summed E-state index contributed by atoms with van der Waals surface area (Å²) in [7, 11) is 0. The molecule has 2 N–H and O–H groups in total. The van der Waals surface area contributed by atoms with Gasteiger partial charge in [-0.1, -0.05) is 38.4 Å². The molecule has 6 nitrogen and oxygen atoms in total. The summed E-state index contributed by atoms with van der Waals surface area (Å²) in [5, 5.41) is 10.1. The molecule has 162 valence electrons. The van der Waals surface area contributed by atoms with Gasteiger partial charge in [0.2, 0.25) is 0 Å². The van der Waals surface area contributed by atoms with Crippen LogP contribution in [0.5, 0.6) is 0 Å². The van der Waals surface area contributed by atoms with E-state index in [-0.39, 0.29) is 17.4 Å². The zero-order chi connectivity index (χ0) is 22.2. The average Bonchev–Trinajstić information content (AvgIpc) is 3.23. The highest BCUT2D eigenvalue weighted by atomic mass is 35.5. The maximum Gasteiger partial charge on any atom is 0.253 e. The van der Waals surface area contributed by atoms with E-state index < -0.39 is 0 Å². The Bertz CT molecular complexity index is 1090. The number of aromatic amines is 1. The standard InChI is InChI=1S/C24H27ClN4O2/c1-24(2,3)21-13-15(6-9-26-21)22-27-14-20(28-22)18-5-4-16(12-19(18)25)23(31)29-10-7-17(30)8-11-29/h4-6,9,12-14,17,30H,7-8,10-11H2,1-3H3,(H,27,28). The van der Waals surface area contributed by atoms with Gasteiger partial charge in [-0.25, -0.2) is 4.98 Å². The normalized spacial score (nSPS) is 15.3. The molecule has 0 spiro atoms. The maximum atomic E-state index is 12.8. The Morgan fingerprint density at radius 3 is 2.58 bits per heavy atom. The van der Waals surface area contributed by atoms with Crippen LogP contribution in [0.3, 0.4) is 0 Å². The average molecular weight is 439 g/mol. The minimum Gasteiger partial charge on any atom is -0.393 e. The highest BCUT2D eigenvalue weighted by Gasteiger charge is 2.23. The molecule has 0 aliphatic carbocycles. The molecule has 1 saturated heterocycles. The summed E-state index contributed by atoms with van der Waals surface area (Å²) >= 11 is 6.54. The molecule has 1 aliphatic rings. The van der Waals surface area contributed by atoms with Crippen LogP contribution in [0.2, 0.25) is 5.02 Å². The molecule has 0 saturated carbocycles. The molecule has 1 fully saturated rings. The number of rotatable bonds is 3. The van der Waals surface area contributed by atoms with Crippen LogP contribution in [-0.2, 0) is 5.41 Å². The fourth-order valence-corrected chi connectivity index (χ4v) is 3.99. The monoisotopic (exact) mass is 438 g/mol. The van der Waals surface area contributed by atoms with Crippen LogP contribution >= 0.6 is 11.6 Å². The number of hydrogen-bond donors (Lipinski definition) is 2. The Hall–Kier alpha value is -2.70. The lowest BCUT2D eigenvalue weighted by Gasteiger charge is -2.29. The van der Waals surface area contributed by atoms with E-state index in [0.29, 0.717) is 36.5 Å². The first-order valence-electron chi connectivity index (χ1n) is 10.5. The molecule has 3 aromatic rings. The Kier molecular flexibility index (Phi) is 5.86. The molecule has 0 radical (unpaired) electrons. The van der Waals surface area contributed by atoms with Crippen LogP contribution in [0, 0.1) is 0 Å². The molecule has 4 rings (SSSR count). The topological polar surface area (TPSA) is 82.1 Å². The molecular formula is C24H27ClN4O2. The number of pyridine rings is 1. The number of aliphatic hydroxyl groups excluding tert-OH is 1. The van der Waals surface area contributed by atoms with Crippen molar-refractivity contribution in [3.63, 3.8) is 0 Å². The summed E-state index contributed by atoms with van der Waals surface area (Å²) in [6.45, 7) is 7.50. The fraction of sp³-hybridized carbons (Fsp3) is 0.375. The third kappa shape index (κ3) is 4.65. The third-order valence-corrected chi connectivity index (χ3v) is 5.95. The number of piperidine rings is 1. The van der Waals surface area contributed by atoms with Crippen molar-refractivity contribution in [3.05, 3.63) is 59.0 Å².